The SMILES string of the molecule is CCNC(CCS(C)(=O)=O)c1cc(Cl)cc(Cl)c1. The average Bonchev–Trinajstić information content (AvgIpc) is 2.21. The summed E-state index contributed by atoms with van der Waals surface area (Å²) in [4.78, 5) is 0. The lowest BCUT2D eigenvalue weighted by atomic mass is 10.0. The van der Waals surface area contributed by atoms with E-state index in [0.717, 1.165) is 12.1 Å². The Balaban J connectivity index is 2.89. The summed E-state index contributed by atoms with van der Waals surface area (Å²) in [7, 11) is -2.97. The molecular weight excluding hydrogens is 293 g/mol. The lowest BCUT2D eigenvalue weighted by molar-refractivity contribution is 0.530. The van der Waals surface area contributed by atoms with E-state index in [1.54, 1.807) is 6.07 Å². The summed E-state index contributed by atoms with van der Waals surface area (Å²) in [6, 6.07) is 5.22. The highest BCUT2D eigenvalue weighted by atomic mass is 35.5. The molecule has 0 aromatic heterocycles. The molecule has 18 heavy (non-hydrogen) atoms. The van der Waals surface area contributed by atoms with E-state index in [0.29, 0.717) is 16.5 Å². The van der Waals surface area contributed by atoms with Crippen LogP contribution in [0.25, 0.3) is 0 Å². The molecule has 0 bridgehead atoms. The van der Waals surface area contributed by atoms with Crippen molar-refractivity contribution in [3.05, 3.63) is 33.8 Å². The van der Waals surface area contributed by atoms with Gasteiger partial charge in [-0.1, -0.05) is 30.1 Å². The fourth-order valence-electron chi connectivity index (χ4n) is 1.74. The Bertz CT molecular complexity index is 483. The van der Waals surface area contributed by atoms with Crippen LogP contribution in [0.1, 0.15) is 24.9 Å². The number of benzene rings is 1. The van der Waals surface area contributed by atoms with Gasteiger partial charge in [-0.3, -0.25) is 0 Å². The normalized spacial score (nSPS) is 13.6. The van der Waals surface area contributed by atoms with Gasteiger partial charge in [0.15, 0.2) is 0 Å². The molecule has 0 saturated heterocycles. The van der Waals surface area contributed by atoms with Crippen molar-refractivity contribution < 1.29 is 8.42 Å². The van der Waals surface area contributed by atoms with Gasteiger partial charge in [0.1, 0.15) is 9.84 Å². The van der Waals surface area contributed by atoms with Crippen LogP contribution >= 0.6 is 23.2 Å². The zero-order valence-corrected chi connectivity index (χ0v) is 12.7. The van der Waals surface area contributed by atoms with Crippen molar-refractivity contribution >= 4 is 33.0 Å². The van der Waals surface area contributed by atoms with Crippen LogP contribution in [-0.4, -0.2) is 27.0 Å². The highest BCUT2D eigenvalue weighted by molar-refractivity contribution is 7.90. The molecule has 0 spiro atoms. The third-order valence-corrected chi connectivity index (χ3v) is 3.93. The molecule has 1 rings (SSSR count). The number of halogens is 2. The van der Waals surface area contributed by atoms with Crippen LogP contribution in [0.2, 0.25) is 10.0 Å². The molecule has 102 valence electrons. The first kappa shape index (κ1) is 15.8. The predicted octanol–water partition coefficient (Wildman–Crippen LogP) is 3.08. The Labute approximate surface area is 118 Å². The number of hydrogen-bond donors (Lipinski definition) is 1. The highest BCUT2D eigenvalue weighted by Crippen LogP contribution is 2.25. The summed E-state index contributed by atoms with van der Waals surface area (Å²) < 4.78 is 22.5. The molecule has 1 aromatic carbocycles. The molecule has 1 atom stereocenters. The predicted molar refractivity (Wildman–Crippen MR) is 77.2 cm³/mol. The van der Waals surface area contributed by atoms with Gasteiger partial charge in [-0.05, 0) is 36.7 Å². The summed E-state index contributed by atoms with van der Waals surface area (Å²) in [6.45, 7) is 2.72. The topological polar surface area (TPSA) is 46.2 Å². The van der Waals surface area contributed by atoms with Gasteiger partial charge in [-0.15, -0.1) is 0 Å². The van der Waals surface area contributed by atoms with Crippen LogP contribution in [-0.2, 0) is 9.84 Å². The molecule has 0 aliphatic carbocycles. The summed E-state index contributed by atoms with van der Waals surface area (Å²) in [5, 5.41) is 4.35. The third-order valence-electron chi connectivity index (χ3n) is 2.52. The Kier molecular flexibility index (Phi) is 5.92. The fraction of sp³-hybridized carbons (Fsp3) is 0.500. The van der Waals surface area contributed by atoms with Crippen molar-refractivity contribution in [3.63, 3.8) is 0 Å². The van der Waals surface area contributed by atoms with Crippen LogP contribution in [0.3, 0.4) is 0 Å². The molecule has 0 aliphatic heterocycles. The molecule has 0 radical (unpaired) electrons. The zero-order chi connectivity index (χ0) is 13.8. The minimum absolute atomic E-state index is 0.0547. The molecule has 0 heterocycles. The molecule has 0 saturated carbocycles. The highest BCUT2D eigenvalue weighted by Gasteiger charge is 2.14. The van der Waals surface area contributed by atoms with Crippen molar-refractivity contribution in [2.75, 3.05) is 18.6 Å². The van der Waals surface area contributed by atoms with Crippen molar-refractivity contribution in [3.8, 4) is 0 Å². The Morgan fingerprint density at radius 3 is 2.22 bits per heavy atom. The standard InChI is InChI=1S/C12H17Cl2NO2S/c1-3-15-12(4-5-18(2,16)17)9-6-10(13)8-11(14)7-9/h6-8,12,15H,3-5H2,1-2H3. The van der Waals surface area contributed by atoms with E-state index in [9.17, 15) is 8.42 Å². The van der Waals surface area contributed by atoms with Crippen molar-refractivity contribution in [1.29, 1.82) is 0 Å². The smallest absolute Gasteiger partial charge is 0.147 e. The maximum Gasteiger partial charge on any atom is 0.147 e. The van der Waals surface area contributed by atoms with Crippen molar-refractivity contribution in [2.24, 2.45) is 0 Å². The van der Waals surface area contributed by atoms with Gasteiger partial charge in [-0.25, -0.2) is 8.42 Å². The Morgan fingerprint density at radius 2 is 1.78 bits per heavy atom. The van der Waals surface area contributed by atoms with Crippen LogP contribution < -0.4 is 5.32 Å². The average molecular weight is 310 g/mol. The molecule has 0 aliphatic rings. The van der Waals surface area contributed by atoms with Crippen molar-refractivity contribution in [2.45, 2.75) is 19.4 Å². The van der Waals surface area contributed by atoms with E-state index in [-0.39, 0.29) is 11.8 Å². The lowest BCUT2D eigenvalue weighted by Crippen LogP contribution is -2.23. The van der Waals surface area contributed by atoms with E-state index in [2.05, 4.69) is 5.32 Å². The Morgan fingerprint density at radius 1 is 1.22 bits per heavy atom. The fourth-order valence-corrected chi connectivity index (χ4v) is 2.95. The first-order chi connectivity index (χ1) is 8.31. The lowest BCUT2D eigenvalue weighted by Gasteiger charge is -2.18. The molecule has 0 amide bonds. The van der Waals surface area contributed by atoms with Gasteiger partial charge in [-0.2, -0.15) is 0 Å². The molecule has 1 unspecified atom stereocenters. The number of rotatable bonds is 6. The monoisotopic (exact) mass is 309 g/mol. The first-order valence-corrected chi connectivity index (χ1v) is 8.50. The first-order valence-electron chi connectivity index (χ1n) is 5.69. The largest absolute Gasteiger partial charge is 0.310 e. The number of sulfone groups is 1. The van der Waals surface area contributed by atoms with Crippen LogP contribution in [0.5, 0.6) is 0 Å². The maximum absolute atomic E-state index is 11.2. The van der Waals surface area contributed by atoms with Gasteiger partial charge in [0, 0.05) is 22.3 Å². The second kappa shape index (κ2) is 6.75. The molecule has 3 nitrogen and oxygen atoms in total. The number of nitrogens with one attached hydrogen (secondary N) is 1. The van der Waals surface area contributed by atoms with E-state index in [4.69, 9.17) is 23.2 Å². The molecular formula is C12H17Cl2NO2S. The van der Waals surface area contributed by atoms with E-state index < -0.39 is 9.84 Å². The Hall–Kier alpha value is -0.290. The van der Waals surface area contributed by atoms with Gasteiger partial charge in [0.05, 0.1) is 5.75 Å². The van der Waals surface area contributed by atoms with E-state index in [1.165, 1.54) is 6.26 Å². The third kappa shape index (κ3) is 5.57. The second-order valence-electron chi connectivity index (χ2n) is 4.23. The summed E-state index contributed by atoms with van der Waals surface area (Å²) in [6.07, 6.45) is 1.74. The quantitative estimate of drug-likeness (QED) is 0.878. The van der Waals surface area contributed by atoms with Gasteiger partial charge >= 0.3 is 0 Å². The minimum atomic E-state index is -2.97. The summed E-state index contributed by atoms with van der Waals surface area (Å²) >= 11 is 11.9. The molecule has 0 fully saturated rings. The van der Waals surface area contributed by atoms with Gasteiger partial charge in [0.25, 0.3) is 0 Å². The van der Waals surface area contributed by atoms with E-state index in [1.807, 2.05) is 19.1 Å². The molecule has 1 N–H and O–H groups in total. The van der Waals surface area contributed by atoms with Crippen LogP contribution in [0.4, 0.5) is 0 Å². The second-order valence-corrected chi connectivity index (χ2v) is 7.36. The summed E-state index contributed by atoms with van der Waals surface area (Å²) in [5.74, 6) is 0.134. The number of hydrogen-bond acceptors (Lipinski definition) is 3. The van der Waals surface area contributed by atoms with Crippen LogP contribution in [0, 0.1) is 0 Å². The maximum atomic E-state index is 11.2. The van der Waals surface area contributed by atoms with Crippen molar-refractivity contribution in [1.82, 2.24) is 5.32 Å². The van der Waals surface area contributed by atoms with E-state index >= 15 is 0 Å². The zero-order valence-electron chi connectivity index (χ0n) is 10.4. The van der Waals surface area contributed by atoms with Gasteiger partial charge < -0.3 is 5.32 Å². The summed E-state index contributed by atoms with van der Waals surface area (Å²) in [5.41, 5.74) is 0.915. The minimum Gasteiger partial charge on any atom is -0.310 e. The molecule has 6 heteroatoms. The molecule has 1 aromatic rings. The van der Waals surface area contributed by atoms with Gasteiger partial charge in [0.2, 0.25) is 0 Å². The van der Waals surface area contributed by atoms with Crippen LogP contribution in [0.15, 0.2) is 18.2 Å².